The molecular weight excluding hydrogens is 212 g/mol. The van der Waals surface area contributed by atoms with E-state index in [9.17, 15) is 4.79 Å². The number of carboxylic acids is 1. The van der Waals surface area contributed by atoms with Gasteiger partial charge in [0.05, 0.1) is 5.56 Å². The highest BCUT2D eigenvalue weighted by molar-refractivity contribution is 5.87. The maximum absolute atomic E-state index is 11.0. The number of unbranched alkanes of at least 4 members (excludes halogenated alkanes) is 1. The second-order valence-electron chi connectivity index (χ2n) is 4.99. The lowest BCUT2D eigenvalue weighted by Gasteiger charge is -2.12. The van der Waals surface area contributed by atoms with Crippen molar-refractivity contribution in [2.75, 3.05) is 0 Å². The molecule has 0 unspecified atom stereocenters. The maximum Gasteiger partial charge on any atom is 0.335 e. The first kappa shape index (κ1) is 13.8. The first-order chi connectivity index (χ1) is 8.04. The van der Waals surface area contributed by atoms with Gasteiger partial charge in [0.2, 0.25) is 0 Å². The summed E-state index contributed by atoms with van der Waals surface area (Å²) in [6.07, 6.45) is 4.27. The van der Waals surface area contributed by atoms with Gasteiger partial charge in [-0.2, -0.15) is 0 Å². The second-order valence-corrected chi connectivity index (χ2v) is 4.99. The molecule has 0 aliphatic heterocycles. The summed E-state index contributed by atoms with van der Waals surface area (Å²) in [5.41, 5.74) is 2.92. The van der Waals surface area contributed by atoms with E-state index in [2.05, 4.69) is 20.8 Å². The summed E-state index contributed by atoms with van der Waals surface area (Å²) in [6.45, 7) is 6.53. The lowest BCUT2D eigenvalue weighted by molar-refractivity contribution is 0.0696. The molecule has 0 heterocycles. The summed E-state index contributed by atoms with van der Waals surface area (Å²) in [7, 11) is 0. The lowest BCUT2D eigenvalue weighted by Crippen LogP contribution is -2.04. The molecule has 0 aliphatic rings. The number of carbonyl (C=O) groups is 1. The van der Waals surface area contributed by atoms with Crippen molar-refractivity contribution in [3.8, 4) is 0 Å². The van der Waals surface area contributed by atoms with E-state index in [4.69, 9.17) is 5.11 Å². The van der Waals surface area contributed by atoms with Gasteiger partial charge in [-0.05, 0) is 48.4 Å². The average Bonchev–Trinajstić information content (AvgIpc) is 2.26. The Balaban J connectivity index is 2.98. The van der Waals surface area contributed by atoms with Crippen LogP contribution in [0.2, 0.25) is 0 Å². The van der Waals surface area contributed by atoms with Gasteiger partial charge in [-0.1, -0.05) is 33.3 Å². The van der Waals surface area contributed by atoms with Crippen LogP contribution in [0.15, 0.2) is 18.2 Å². The van der Waals surface area contributed by atoms with Crippen LogP contribution in [-0.2, 0) is 12.8 Å². The van der Waals surface area contributed by atoms with Crippen LogP contribution < -0.4 is 0 Å². The summed E-state index contributed by atoms with van der Waals surface area (Å²) in [6, 6.07) is 5.54. The van der Waals surface area contributed by atoms with E-state index in [0.29, 0.717) is 11.5 Å². The predicted molar refractivity (Wildman–Crippen MR) is 70.6 cm³/mol. The molecule has 0 saturated heterocycles. The second kappa shape index (κ2) is 6.43. The highest BCUT2D eigenvalue weighted by Crippen LogP contribution is 2.18. The molecular formula is C15H22O2. The monoisotopic (exact) mass is 234 g/mol. The molecule has 1 aromatic carbocycles. The molecule has 0 fully saturated rings. The van der Waals surface area contributed by atoms with Gasteiger partial charge < -0.3 is 5.11 Å². The van der Waals surface area contributed by atoms with Gasteiger partial charge in [0.25, 0.3) is 0 Å². The van der Waals surface area contributed by atoms with Gasteiger partial charge in [-0.3, -0.25) is 0 Å². The van der Waals surface area contributed by atoms with E-state index in [0.717, 1.165) is 25.7 Å². The molecule has 17 heavy (non-hydrogen) atoms. The smallest absolute Gasteiger partial charge is 0.335 e. The normalized spacial score (nSPS) is 10.8. The lowest BCUT2D eigenvalue weighted by atomic mass is 9.93. The SMILES string of the molecule is CCCCc1cc(C(=O)O)ccc1CC(C)C. The van der Waals surface area contributed by atoms with Crippen molar-refractivity contribution in [1.29, 1.82) is 0 Å². The zero-order valence-electron chi connectivity index (χ0n) is 11.0. The third kappa shape index (κ3) is 4.22. The first-order valence-corrected chi connectivity index (χ1v) is 6.39. The van der Waals surface area contributed by atoms with Gasteiger partial charge in [0, 0.05) is 0 Å². The topological polar surface area (TPSA) is 37.3 Å². The number of rotatable bonds is 6. The molecule has 0 amide bonds. The number of aromatic carboxylic acids is 1. The Morgan fingerprint density at radius 3 is 2.53 bits per heavy atom. The van der Waals surface area contributed by atoms with Crippen LogP contribution in [0, 0.1) is 5.92 Å². The minimum absolute atomic E-state index is 0.406. The quantitative estimate of drug-likeness (QED) is 0.809. The van der Waals surface area contributed by atoms with Gasteiger partial charge in [-0.15, -0.1) is 0 Å². The van der Waals surface area contributed by atoms with Gasteiger partial charge in [0.15, 0.2) is 0 Å². The summed E-state index contributed by atoms with van der Waals surface area (Å²) in [5.74, 6) is -0.232. The van der Waals surface area contributed by atoms with Crippen molar-refractivity contribution in [3.05, 3.63) is 34.9 Å². The fraction of sp³-hybridized carbons (Fsp3) is 0.533. The number of benzene rings is 1. The Labute approximate surface area is 104 Å². The van der Waals surface area contributed by atoms with Gasteiger partial charge in [0.1, 0.15) is 0 Å². The van der Waals surface area contributed by atoms with Crippen molar-refractivity contribution in [2.45, 2.75) is 46.5 Å². The van der Waals surface area contributed by atoms with Crippen LogP contribution in [0.5, 0.6) is 0 Å². The number of aryl methyl sites for hydroxylation is 1. The average molecular weight is 234 g/mol. The number of hydrogen-bond acceptors (Lipinski definition) is 1. The van der Waals surface area contributed by atoms with E-state index in [-0.39, 0.29) is 0 Å². The Morgan fingerprint density at radius 1 is 1.29 bits per heavy atom. The van der Waals surface area contributed by atoms with Crippen molar-refractivity contribution in [3.63, 3.8) is 0 Å². The first-order valence-electron chi connectivity index (χ1n) is 6.39. The Kier molecular flexibility index (Phi) is 5.20. The van der Waals surface area contributed by atoms with E-state index < -0.39 is 5.97 Å². The van der Waals surface area contributed by atoms with E-state index in [1.165, 1.54) is 11.1 Å². The minimum atomic E-state index is -0.834. The molecule has 0 aliphatic carbocycles. The van der Waals surface area contributed by atoms with E-state index >= 15 is 0 Å². The molecule has 0 atom stereocenters. The van der Waals surface area contributed by atoms with Crippen molar-refractivity contribution < 1.29 is 9.90 Å². The Bertz CT molecular complexity index is 381. The van der Waals surface area contributed by atoms with Crippen molar-refractivity contribution >= 4 is 5.97 Å². The molecule has 94 valence electrons. The maximum atomic E-state index is 11.0. The molecule has 1 rings (SSSR count). The molecule has 0 radical (unpaired) electrons. The molecule has 1 N–H and O–H groups in total. The van der Waals surface area contributed by atoms with Crippen LogP contribution in [0.25, 0.3) is 0 Å². The third-order valence-corrected chi connectivity index (χ3v) is 2.88. The molecule has 2 nitrogen and oxygen atoms in total. The fourth-order valence-corrected chi connectivity index (χ4v) is 2.00. The molecule has 0 saturated carbocycles. The summed E-state index contributed by atoms with van der Waals surface area (Å²) < 4.78 is 0. The van der Waals surface area contributed by atoms with Gasteiger partial charge in [-0.25, -0.2) is 4.79 Å². The summed E-state index contributed by atoms with van der Waals surface area (Å²) in [4.78, 5) is 11.0. The third-order valence-electron chi connectivity index (χ3n) is 2.88. The zero-order chi connectivity index (χ0) is 12.8. The van der Waals surface area contributed by atoms with Crippen molar-refractivity contribution in [2.24, 2.45) is 5.92 Å². The molecule has 2 heteroatoms. The van der Waals surface area contributed by atoms with Crippen LogP contribution in [0.3, 0.4) is 0 Å². The van der Waals surface area contributed by atoms with E-state index in [1.54, 1.807) is 6.07 Å². The summed E-state index contributed by atoms with van der Waals surface area (Å²) >= 11 is 0. The van der Waals surface area contributed by atoms with Gasteiger partial charge >= 0.3 is 5.97 Å². The van der Waals surface area contributed by atoms with Crippen LogP contribution >= 0.6 is 0 Å². The summed E-state index contributed by atoms with van der Waals surface area (Å²) in [5, 5.41) is 9.01. The highest BCUT2D eigenvalue weighted by atomic mass is 16.4. The fourth-order valence-electron chi connectivity index (χ4n) is 2.00. The van der Waals surface area contributed by atoms with Crippen LogP contribution in [-0.4, -0.2) is 11.1 Å². The minimum Gasteiger partial charge on any atom is -0.478 e. The van der Waals surface area contributed by atoms with E-state index in [1.807, 2.05) is 12.1 Å². The standard InChI is InChI=1S/C15H22O2/c1-4-5-6-12-10-14(15(16)17)8-7-13(12)9-11(2)3/h7-8,10-11H,4-6,9H2,1-3H3,(H,16,17). The molecule has 0 spiro atoms. The Hall–Kier alpha value is -1.31. The number of hydrogen-bond donors (Lipinski definition) is 1. The zero-order valence-corrected chi connectivity index (χ0v) is 11.0. The number of carboxylic acid groups (broad SMARTS) is 1. The highest BCUT2D eigenvalue weighted by Gasteiger charge is 2.09. The van der Waals surface area contributed by atoms with Crippen LogP contribution in [0.4, 0.5) is 0 Å². The Morgan fingerprint density at radius 2 is 2.00 bits per heavy atom. The van der Waals surface area contributed by atoms with Crippen LogP contribution in [0.1, 0.15) is 55.1 Å². The predicted octanol–water partition coefficient (Wildman–Crippen LogP) is 3.93. The molecule has 0 bridgehead atoms. The molecule has 0 aromatic heterocycles. The largest absolute Gasteiger partial charge is 0.478 e. The van der Waals surface area contributed by atoms with Crippen molar-refractivity contribution in [1.82, 2.24) is 0 Å². The molecule has 1 aromatic rings.